The Bertz CT molecular complexity index is 1240. The van der Waals surface area contributed by atoms with Crippen molar-refractivity contribution in [2.24, 2.45) is 0 Å². The van der Waals surface area contributed by atoms with E-state index in [0.29, 0.717) is 28.0 Å². The van der Waals surface area contributed by atoms with Gasteiger partial charge in [0, 0.05) is 35.3 Å². The molecule has 0 spiro atoms. The number of sulfonamides is 1. The summed E-state index contributed by atoms with van der Waals surface area (Å²) >= 11 is 13.3. The molecular formula is C19H16Cl2N4O3S2. The molecule has 0 atom stereocenters. The van der Waals surface area contributed by atoms with E-state index in [2.05, 4.69) is 10.2 Å². The summed E-state index contributed by atoms with van der Waals surface area (Å²) in [6, 6.07) is 8.99. The number of carbonyl (C=O) groups excluding carboxylic acids is 1. The zero-order valence-electron chi connectivity index (χ0n) is 15.5. The highest BCUT2D eigenvalue weighted by Crippen LogP contribution is 2.24. The van der Waals surface area contributed by atoms with Crippen LogP contribution in [0, 0.1) is 0 Å². The summed E-state index contributed by atoms with van der Waals surface area (Å²) in [5.41, 5.74) is 1.52. The summed E-state index contributed by atoms with van der Waals surface area (Å²) in [5, 5.41) is 10.3. The van der Waals surface area contributed by atoms with Gasteiger partial charge in [-0.25, -0.2) is 8.42 Å². The lowest BCUT2D eigenvalue weighted by Gasteiger charge is -2.33. The van der Waals surface area contributed by atoms with Crippen LogP contribution >= 0.6 is 34.5 Å². The lowest BCUT2D eigenvalue weighted by molar-refractivity contribution is -0.134. The fraction of sp³-hybridized carbons (Fsp3) is 0.211. The van der Waals surface area contributed by atoms with E-state index in [1.54, 1.807) is 17.0 Å². The second kappa shape index (κ2) is 8.60. The number of hydrogen-bond donors (Lipinski definition) is 0. The smallest absolute Gasteiger partial charge is 0.238 e. The van der Waals surface area contributed by atoms with E-state index in [4.69, 9.17) is 23.2 Å². The van der Waals surface area contributed by atoms with Crippen LogP contribution in [0.15, 0.2) is 41.9 Å². The summed E-state index contributed by atoms with van der Waals surface area (Å²) in [6.45, 7) is 0.691. The number of hydrogen-bond acceptors (Lipinski definition) is 6. The molecule has 0 bridgehead atoms. The molecule has 1 fully saturated rings. The van der Waals surface area contributed by atoms with Crippen LogP contribution in [0.5, 0.6) is 0 Å². The SMILES string of the molecule is O=C1CN(S(=O)(=O)/C=C/c2ccc(Cl)s2)CCN1Cc1ccc2c(Cl)cnnc2c1. The first-order valence-electron chi connectivity index (χ1n) is 8.93. The Hall–Kier alpha value is -2.04. The van der Waals surface area contributed by atoms with Crippen molar-refractivity contribution in [1.29, 1.82) is 0 Å². The van der Waals surface area contributed by atoms with Crippen molar-refractivity contribution in [1.82, 2.24) is 19.4 Å². The van der Waals surface area contributed by atoms with E-state index in [0.717, 1.165) is 21.2 Å². The fourth-order valence-electron chi connectivity index (χ4n) is 3.12. The van der Waals surface area contributed by atoms with E-state index < -0.39 is 10.0 Å². The van der Waals surface area contributed by atoms with Gasteiger partial charge in [-0.05, 0) is 29.8 Å². The highest BCUT2D eigenvalue weighted by molar-refractivity contribution is 7.92. The third-order valence-corrected chi connectivity index (χ3v) is 7.68. The molecule has 1 saturated heterocycles. The van der Waals surface area contributed by atoms with Gasteiger partial charge in [-0.2, -0.15) is 14.5 Å². The number of carbonyl (C=O) groups is 1. The van der Waals surface area contributed by atoms with Crippen LogP contribution < -0.4 is 0 Å². The van der Waals surface area contributed by atoms with Crippen LogP contribution in [0.1, 0.15) is 10.4 Å². The van der Waals surface area contributed by atoms with E-state index in [-0.39, 0.29) is 19.0 Å². The first kappa shape index (κ1) is 21.2. The van der Waals surface area contributed by atoms with Crippen LogP contribution in [0.25, 0.3) is 17.0 Å². The maximum absolute atomic E-state index is 12.6. The van der Waals surface area contributed by atoms with Crippen molar-refractivity contribution in [3.05, 3.63) is 61.7 Å². The first-order chi connectivity index (χ1) is 14.3. The van der Waals surface area contributed by atoms with Crippen molar-refractivity contribution in [2.75, 3.05) is 19.6 Å². The number of benzene rings is 1. The Morgan fingerprint density at radius 1 is 1.17 bits per heavy atom. The lowest BCUT2D eigenvalue weighted by atomic mass is 10.1. The summed E-state index contributed by atoms with van der Waals surface area (Å²) in [7, 11) is -3.70. The second-order valence-electron chi connectivity index (χ2n) is 6.68. The molecule has 0 aliphatic carbocycles. The van der Waals surface area contributed by atoms with Gasteiger partial charge in [0.1, 0.15) is 0 Å². The molecule has 3 heterocycles. The number of halogens is 2. The minimum atomic E-state index is -3.70. The minimum absolute atomic E-state index is 0.197. The van der Waals surface area contributed by atoms with Crippen LogP contribution in [0.3, 0.4) is 0 Å². The maximum atomic E-state index is 12.6. The number of piperazine rings is 1. The third-order valence-electron chi connectivity index (χ3n) is 4.67. The number of amides is 1. The molecule has 2 aromatic heterocycles. The van der Waals surface area contributed by atoms with Gasteiger partial charge in [0.05, 0.1) is 27.6 Å². The standard InChI is InChI=1S/C19H16Cl2N4O3S2/c20-16-10-22-23-17-9-13(1-3-15(16)17)11-24-6-7-25(12-19(24)26)30(27,28)8-5-14-2-4-18(21)29-14/h1-5,8-10H,6-7,11-12H2/b8-5+. The van der Waals surface area contributed by atoms with Crippen LogP contribution in [0.4, 0.5) is 0 Å². The summed E-state index contributed by atoms with van der Waals surface area (Å²) in [6.07, 6.45) is 2.97. The molecule has 1 aromatic carbocycles. The largest absolute Gasteiger partial charge is 0.336 e. The molecule has 3 aromatic rings. The van der Waals surface area contributed by atoms with Gasteiger partial charge in [-0.1, -0.05) is 35.3 Å². The molecule has 4 rings (SSSR count). The van der Waals surface area contributed by atoms with Crippen molar-refractivity contribution in [3.8, 4) is 0 Å². The maximum Gasteiger partial charge on any atom is 0.238 e. The van der Waals surface area contributed by atoms with Gasteiger partial charge in [-0.15, -0.1) is 11.3 Å². The highest BCUT2D eigenvalue weighted by atomic mass is 35.5. The molecule has 0 saturated carbocycles. The summed E-state index contributed by atoms with van der Waals surface area (Å²) in [5.74, 6) is -0.255. The number of rotatable bonds is 5. The molecule has 0 N–H and O–H groups in total. The summed E-state index contributed by atoms with van der Waals surface area (Å²) < 4.78 is 26.9. The Kier molecular flexibility index (Phi) is 6.08. The minimum Gasteiger partial charge on any atom is -0.336 e. The third kappa shape index (κ3) is 4.65. The van der Waals surface area contributed by atoms with Crippen molar-refractivity contribution in [2.45, 2.75) is 6.54 Å². The Balaban J connectivity index is 1.43. The predicted octanol–water partition coefficient (Wildman–Crippen LogP) is 3.64. The molecule has 1 aliphatic heterocycles. The monoisotopic (exact) mass is 482 g/mol. The number of fused-ring (bicyclic) bond motifs is 1. The molecule has 0 radical (unpaired) electrons. The molecule has 156 valence electrons. The van der Waals surface area contributed by atoms with Gasteiger partial charge >= 0.3 is 0 Å². The van der Waals surface area contributed by atoms with E-state index in [1.807, 2.05) is 18.2 Å². The van der Waals surface area contributed by atoms with Crippen LogP contribution in [-0.2, 0) is 21.4 Å². The summed E-state index contributed by atoms with van der Waals surface area (Å²) in [4.78, 5) is 14.9. The zero-order chi connectivity index (χ0) is 21.3. The topological polar surface area (TPSA) is 83.5 Å². The van der Waals surface area contributed by atoms with Crippen LogP contribution in [0.2, 0.25) is 9.36 Å². The Morgan fingerprint density at radius 3 is 2.73 bits per heavy atom. The Morgan fingerprint density at radius 2 is 2.00 bits per heavy atom. The fourth-order valence-corrected chi connectivity index (χ4v) is 5.49. The highest BCUT2D eigenvalue weighted by Gasteiger charge is 2.30. The van der Waals surface area contributed by atoms with Gasteiger partial charge in [-0.3, -0.25) is 4.79 Å². The number of thiophene rings is 1. The average Bonchev–Trinajstić information content (AvgIpc) is 3.13. The predicted molar refractivity (Wildman–Crippen MR) is 119 cm³/mol. The van der Waals surface area contributed by atoms with Crippen molar-refractivity contribution < 1.29 is 13.2 Å². The van der Waals surface area contributed by atoms with Crippen molar-refractivity contribution >= 4 is 67.4 Å². The molecule has 11 heteroatoms. The van der Waals surface area contributed by atoms with E-state index in [1.165, 1.54) is 27.9 Å². The van der Waals surface area contributed by atoms with Gasteiger partial charge in [0.2, 0.25) is 15.9 Å². The first-order valence-corrected chi connectivity index (χ1v) is 12.0. The zero-order valence-corrected chi connectivity index (χ0v) is 18.7. The molecule has 1 aliphatic rings. The lowest BCUT2D eigenvalue weighted by Crippen LogP contribution is -2.51. The molecular weight excluding hydrogens is 467 g/mol. The molecule has 30 heavy (non-hydrogen) atoms. The van der Waals surface area contributed by atoms with Gasteiger partial charge < -0.3 is 4.90 Å². The van der Waals surface area contributed by atoms with Crippen LogP contribution in [-0.4, -0.2) is 53.4 Å². The molecule has 7 nitrogen and oxygen atoms in total. The van der Waals surface area contributed by atoms with Gasteiger partial charge in [0.15, 0.2) is 0 Å². The Labute approximate surface area is 187 Å². The number of aromatic nitrogens is 2. The van der Waals surface area contributed by atoms with Crippen molar-refractivity contribution in [3.63, 3.8) is 0 Å². The average molecular weight is 483 g/mol. The van der Waals surface area contributed by atoms with E-state index >= 15 is 0 Å². The molecule has 1 amide bonds. The van der Waals surface area contributed by atoms with Gasteiger partial charge in [0.25, 0.3) is 0 Å². The van der Waals surface area contributed by atoms with E-state index in [9.17, 15) is 13.2 Å². The second-order valence-corrected chi connectivity index (χ2v) is 10.7. The quantitative estimate of drug-likeness (QED) is 0.554. The normalized spacial score (nSPS) is 16.1. The molecule has 0 unspecified atom stereocenters. The number of nitrogens with zero attached hydrogens (tertiary/aromatic N) is 4.